The van der Waals surface area contributed by atoms with E-state index in [0.717, 1.165) is 24.3 Å². The molecule has 1 aliphatic heterocycles. The molecule has 11 heteroatoms. The smallest absolute Gasteiger partial charge is 0.357 e. The van der Waals surface area contributed by atoms with Crippen molar-refractivity contribution in [3.8, 4) is 5.75 Å². The molecule has 0 atom stereocenters. The van der Waals surface area contributed by atoms with E-state index < -0.39 is 23.4 Å². The lowest BCUT2D eigenvalue weighted by Crippen LogP contribution is -2.39. The maximum Gasteiger partial charge on any atom is 0.416 e. The lowest BCUT2D eigenvalue weighted by Gasteiger charge is -2.33. The van der Waals surface area contributed by atoms with Gasteiger partial charge in [-0.1, -0.05) is 17.3 Å². The highest BCUT2D eigenvalue weighted by molar-refractivity contribution is 6.00. The van der Waals surface area contributed by atoms with Gasteiger partial charge in [-0.05, 0) is 63.9 Å². The van der Waals surface area contributed by atoms with E-state index >= 15 is 0 Å². The summed E-state index contributed by atoms with van der Waals surface area (Å²) in [6.45, 7) is 5.96. The first-order valence-electron chi connectivity index (χ1n) is 12.4. The Bertz CT molecular complexity index is 1380. The molecule has 0 saturated carbocycles. The van der Waals surface area contributed by atoms with Crippen molar-refractivity contribution in [2.24, 2.45) is 5.16 Å². The van der Waals surface area contributed by atoms with E-state index in [-0.39, 0.29) is 29.6 Å². The zero-order valence-electron chi connectivity index (χ0n) is 21.6. The summed E-state index contributed by atoms with van der Waals surface area (Å²) in [7, 11) is 0. The first kappa shape index (κ1) is 28.1. The second-order valence-electron chi connectivity index (χ2n) is 9.44. The van der Waals surface area contributed by atoms with Crippen LogP contribution in [0.3, 0.4) is 0 Å². The Morgan fingerprint density at radius 1 is 1.05 bits per heavy atom. The highest BCUT2D eigenvalue weighted by Crippen LogP contribution is 2.33. The molecule has 4 rings (SSSR count). The molecule has 206 valence electrons. The summed E-state index contributed by atoms with van der Waals surface area (Å²) in [4.78, 5) is 28.7. The second-order valence-corrected chi connectivity index (χ2v) is 9.44. The Labute approximate surface area is 222 Å². The molecule has 0 bridgehead atoms. The normalized spacial score (nSPS) is 15.0. The largest absolute Gasteiger partial charge is 0.416 e. The van der Waals surface area contributed by atoms with Crippen molar-refractivity contribution in [3.63, 3.8) is 0 Å². The molecule has 1 saturated heterocycles. The number of carbonyl (C=O) groups excluding carboxylic acids is 1. The fraction of sp³-hybridized carbons (Fsp3) is 0.357. The Morgan fingerprint density at radius 3 is 2.33 bits per heavy atom. The molecule has 39 heavy (non-hydrogen) atoms. The molecule has 2 aromatic carbocycles. The van der Waals surface area contributed by atoms with E-state index in [0.29, 0.717) is 54.4 Å². The van der Waals surface area contributed by atoms with E-state index in [9.17, 15) is 26.7 Å². The number of benzene rings is 2. The number of hydrogen-bond donors (Lipinski definition) is 0. The zero-order chi connectivity index (χ0) is 28.3. The summed E-state index contributed by atoms with van der Waals surface area (Å²) in [6.07, 6.45) is -3.77. The van der Waals surface area contributed by atoms with E-state index in [1.165, 1.54) is 18.2 Å². The summed E-state index contributed by atoms with van der Waals surface area (Å²) >= 11 is 0. The molecule has 1 fully saturated rings. The van der Waals surface area contributed by atoms with Gasteiger partial charge in [-0.15, -0.1) is 0 Å². The molecule has 0 radical (unpaired) electrons. The van der Waals surface area contributed by atoms with E-state index in [1.807, 2.05) is 0 Å². The number of halogens is 5. The number of piperidine rings is 1. The number of aryl methyl sites for hydroxylation is 2. The van der Waals surface area contributed by atoms with E-state index in [4.69, 9.17) is 4.84 Å². The van der Waals surface area contributed by atoms with E-state index in [1.54, 1.807) is 25.7 Å². The van der Waals surface area contributed by atoms with Crippen molar-refractivity contribution in [1.82, 2.24) is 14.9 Å². The third-order valence-electron chi connectivity index (χ3n) is 6.66. The molecule has 1 aliphatic rings. The minimum atomic E-state index is -4.51. The monoisotopic (exact) mass is 546 g/mol. The summed E-state index contributed by atoms with van der Waals surface area (Å²) in [5.74, 6) is -1.44. The van der Waals surface area contributed by atoms with Gasteiger partial charge in [0.2, 0.25) is 5.91 Å². The maximum absolute atomic E-state index is 14.0. The molecule has 1 aromatic heterocycles. The van der Waals surface area contributed by atoms with Gasteiger partial charge in [0.25, 0.3) is 0 Å². The van der Waals surface area contributed by atoms with Gasteiger partial charge < -0.3 is 9.74 Å². The Balaban J connectivity index is 1.50. The first-order valence-corrected chi connectivity index (χ1v) is 12.4. The summed E-state index contributed by atoms with van der Waals surface area (Å²) in [5.41, 5.74) is 1.28. The van der Waals surface area contributed by atoms with Crippen molar-refractivity contribution in [2.45, 2.75) is 52.1 Å². The van der Waals surface area contributed by atoms with Crippen molar-refractivity contribution < 1.29 is 31.6 Å². The van der Waals surface area contributed by atoms with Crippen LogP contribution < -0.4 is 4.84 Å². The zero-order valence-corrected chi connectivity index (χ0v) is 21.6. The molecule has 1 amide bonds. The van der Waals surface area contributed by atoms with Crippen LogP contribution in [0.15, 0.2) is 47.6 Å². The molecular weight excluding hydrogens is 519 g/mol. The number of amides is 1. The number of nitrogens with zero attached hydrogens (tertiary/aromatic N) is 4. The van der Waals surface area contributed by atoms with Crippen molar-refractivity contribution in [2.75, 3.05) is 13.1 Å². The van der Waals surface area contributed by atoms with Crippen LogP contribution in [0, 0.1) is 25.5 Å². The molecule has 2 heterocycles. The molecule has 0 N–H and O–H groups in total. The van der Waals surface area contributed by atoms with Gasteiger partial charge in [0.05, 0.1) is 29.1 Å². The summed E-state index contributed by atoms with van der Waals surface area (Å²) in [6, 6.07) is 7.94. The number of alkyl halides is 3. The minimum Gasteiger partial charge on any atom is -0.357 e. The van der Waals surface area contributed by atoms with Gasteiger partial charge in [0.15, 0.2) is 5.75 Å². The topological polar surface area (TPSA) is 67.7 Å². The van der Waals surface area contributed by atoms with Crippen LogP contribution in [0.5, 0.6) is 5.75 Å². The van der Waals surface area contributed by atoms with Gasteiger partial charge in [-0.2, -0.15) is 13.2 Å². The molecule has 0 spiro atoms. The minimum absolute atomic E-state index is 0.0606. The van der Waals surface area contributed by atoms with Crippen LogP contribution >= 0.6 is 0 Å². The summed E-state index contributed by atoms with van der Waals surface area (Å²) < 4.78 is 67.1. The quantitative estimate of drug-likeness (QED) is 0.212. The fourth-order valence-electron chi connectivity index (χ4n) is 4.74. The lowest BCUT2D eigenvalue weighted by molar-refractivity contribution is -0.137. The van der Waals surface area contributed by atoms with Gasteiger partial charge in [-0.25, -0.2) is 18.7 Å². The average Bonchev–Trinajstić information content (AvgIpc) is 2.88. The molecule has 6 nitrogen and oxygen atoms in total. The number of oxime groups is 1. The summed E-state index contributed by atoms with van der Waals surface area (Å²) in [5, 5.41) is 4.07. The van der Waals surface area contributed by atoms with Gasteiger partial charge in [0, 0.05) is 30.1 Å². The molecular formula is C28H27F5N4O2. The predicted molar refractivity (Wildman–Crippen MR) is 134 cm³/mol. The SMILES string of the molecule is C/C(=N\Oc1cccc(C(F)(F)F)c1)c1c(C)nc(C)nc1C1CCN(C(=O)Cc2c(F)cccc2F)CC1. The average molecular weight is 547 g/mol. The van der Waals surface area contributed by atoms with Crippen LogP contribution in [0.2, 0.25) is 0 Å². The standard InChI is InChI=1S/C28H27F5N4O2/c1-16-26(17(2)36-39-21-7-4-6-20(14-21)28(31,32)33)27(35-18(3)34-16)19-10-12-37(13-11-19)25(38)15-22-23(29)8-5-9-24(22)30/h4-9,14,19H,10-13,15H2,1-3H3/b36-17+. The molecule has 0 unspecified atom stereocenters. The van der Waals surface area contributed by atoms with Crippen LogP contribution in [0.1, 0.15) is 59.6 Å². The Hall–Kier alpha value is -3.89. The van der Waals surface area contributed by atoms with Gasteiger partial charge in [-0.3, -0.25) is 4.79 Å². The van der Waals surface area contributed by atoms with Crippen molar-refractivity contribution in [1.29, 1.82) is 0 Å². The highest BCUT2D eigenvalue weighted by atomic mass is 19.4. The number of hydrogen-bond acceptors (Lipinski definition) is 5. The van der Waals surface area contributed by atoms with Crippen LogP contribution in [-0.2, 0) is 17.4 Å². The number of aromatic nitrogens is 2. The first-order chi connectivity index (χ1) is 18.4. The lowest BCUT2D eigenvalue weighted by atomic mass is 9.88. The molecule has 3 aromatic rings. The number of likely N-dealkylation sites (tertiary alicyclic amines) is 1. The van der Waals surface area contributed by atoms with Crippen molar-refractivity contribution in [3.05, 3.63) is 88.0 Å². The Morgan fingerprint density at radius 2 is 1.69 bits per heavy atom. The maximum atomic E-state index is 14.0. The third-order valence-corrected chi connectivity index (χ3v) is 6.66. The number of carbonyl (C=O) groups is 1. The van der Waals surface area contributed by atoms with E-state index in [2.05, 4.69) is 15.1 Å². The van der Waals surface area contributed by atoms with Crippen LogP contribution in [0.4, 0.5) is 22.0 Å². The van der Waals surface area contributed by atoms with Crippen molar-refractivity contribution >= 4 is 11.6 Å². The van der Waals surface area contributed by atoms with Gasteiger partial charge in [0.1, 0.15) is 17.5 Å². The molecule has 0 aliphatic carbocycles. The van der Waals surface area contributed by atoms with Gasteiger partial charge >= 0.3 is 6.18 Å². The van der Waals surface area contributed by atoms with Crippen LogP contribution in [-0.4, -0.2) is 39.6 Å². The second kappa shape index (κ2) is 11.5. The third kappa shape index (κ3) is 6.58. The predicted octanol–water partition coefficient (Wildman–Crippen LogP) is 6.14. The highest BCUT2D eigenvalue weighted by Gasteiger charge is 2.31. The van der Waals surface area contributed by atoms with Crippen LogP contribution in [0.25, 0.3) is 0 Å². The number of rotatable bonds is 6. The fourth-order valence-corrected chi connectivity index (χ4v) is 4.74. The Kier molecular flexibility index (Phi) is 8.27.